The van der Waals surface area contributed by atoms with Crippen molar-refractivity contribution in [1.29, 1.82) is 10.5 Å². The average molecular weight is 323 g/mol. The van der Waals surface area contributed by atoms with Crippen LogP contribution in [0, 0.1) is 22.7 Å². The van der Waals surface area contributed by atoms with Gasteiger partial charge in [0.1, 0.15) is 0 Å². The number of rotatable bonds is 5. The molecule has 0 spiro atoms. The first-order valence-corrected chi connectivity index (χ1v) is 8.12. The summed E-state index contributed by atoms with van der Waals surface area (Å²) >= 11 is 0. The predicted octanol–water partition coefficient (Wildman–Crippen LogP) is 4.81. The van der Waals surface area contributed by atoms with E-state index >= 15 is 0 Å². The Morgan fingerprint density at radius 1 is 0.640 bits per heavy atom. The van der Waals surface area contributed by atoms with Crippen LogP contribution < -0.4 is 4.90 Å². The van der Waals surface area contributed by atoms with Gasteiger partial charge in [0.2, 0.25) is 0 Å². The molecule has 0 aliphatic rings. The Hall–Kier alpha value is -3.56. The largest absolute Gasteiger partial charge is 0.341 e. The van der Waals surface area contributed by atoms with Crippen LogP contribution in [0.1, 0.15) is 16.7 Å². The van der Waals surface area contributed by atoms with Gasteiger partial charge in [-0.3, -0.25) is 0 Å². The third kappa shape index (κ3) is 4.05. The first-order chi connectivity index (χ1) is 12.3. The Kier molecular flexibility index (Phi) is 5.10. The summed E-state index contributed by atoms with van der Waals surface area (Å²) in [5.74, 6) is 0. The minimum atomic E-state index is 0.656. The molecule has 0 heterocycles. The highest BCUT2D eigenvalue weighted by Crippen LogP contribution is 2.25. The zero-order valence-electron chi connectivity index (χ0n) is 13.8. The maximum Gasteiger partial charge on any atom is 0.0991 e. The molecule has 25 heavy (non-hydrogen) atoms. The van der Waals surface area contributed by atoms with E-state index in [0.717, 1.165) is 24.3 Å². The molecule has 3 rings (SSSR count). The first kappa shape index (κ1) is 16.3. The second kappa shape index (κ2) is 7.81. The molecular formula is C22H17N3. The summed E-state index contributed by atoms with van der Waals surface area (Å²) in [5.41, 5.74) is 4.69. The molecule has 0 bridgehead atoms. The summed E-state index contributed by atoms with van der Waals surface area (Å²) < 4.78 is 0. The Labute approximate surface area is 148 Å². The summed E-state index contributed by atoms with van der Waals surface area (Å²) in [6.45, 7) is 0.807. The van der Waals surface area contributed by atoms with Gasteiger partial charge < -0.3 is 4.90 Å². The summed E-state index contributed by atoms with van der Waals surface area (Å²) in [7, 11) is 0. The van der Waals surface area contributed by atoms with E-state index in [2.05, 4.69) is 29.2 Å². The quantitative estimate of drug-likeness (QED) is 0.677. The van der Waals surface area contributed by atoms with Gasteiger partial charge in [0.15, 0.2) is 0 Å². The van der Waals surface area contributed by atoms with Crippen molar-refractivity contribution in [2.24, 2.45) is 0 Å². The molecule has 0 unspecified atom stereocenters. The second-order valence-corrected chi connectivity index (χ2v) is 5.70. The molecule has 0 aromatic heterocycles. The average Bonchev–Trinajstić information content (AvgIpc) is 2.70. The number of benzene rings is 3. The molecule has 0 radical (unpaired) electrons. The summed E-state index contributed by atoms with van der Waals surface area (Å²) in [4.78, 5) is 2.24. The van der Waals surface area contributed by atoms with Crippen molar-refractivity contribution < 1.29 is 0 Å². The van der Waals surface area contributed by atoms with E-state index in [1.807, 2.05) is 66.7 Å². The van der Waals surface area contributed by atoms with Crippen molar-refractivity contribution in [2.75, 3.05) is 11.4 Å². The van der Waals surface area contributed by atoms with Crippen molar-refractivity contribution in [1.82, 2.24) is 0 Å². The predicted molar refractivity (Wildman–Crippen MR) is 99.5 cm³/mol. The zero-order chi connectivity index (χ0) is 17.5. The second-order valence-electron chi connectivity index (χ2n) is 5.70. The number of para-hydroxylation sites is 1. The van der Waals surface area contributed by atoms with Crippen LogP contribution in [0.5, 0.6) is 0 Å². The van der Waals surface area contributed by atoms with Crippen molar-refractivity contribution in [2.45, 2.75) is 6.42 Å². The molecule has 0 fully saturated rings. The fourth-order valence-corrected chi connectivity index (χ4v) is 2.72. The molecule has 0 N–H and O–H groups in total. The van der Waals surface area contributed by atoms with E-state index in [0.29, 0.717) is 11.1 Å². The molecular weight excluding hydrogens is 306 g/mol. The molecule has 0 aliphatic carbocycles. The maximum atomic E-state index is 8.99. The molecule has 0 aliphatic heterocycles. The fraction of sp³-hybridized carbons (Fsp3) is 0.0909. The van der Waals surface area contributed by atoms with Gasteiger partial charge in [0, 0.05) is 17.9 Å². The van der Waals surface area contributed by atoms with Crippen LogP contribution in [-0.2, 0) is 6.42 Å². The topological polar surface area (TPSA) is 50.8 Å². The lowest BCUT2D eigenvalue weighted by Gasteiger charge is -2.25. The monoisotopic (exact) mass is 323 g/mol. The van der Waals surface area contributed by atoms with E-state index < -0.39 is 0 Å². The number of nitrogens with zero attached hydrogens (tertiary/aromatic N) is 3. The van der Waals surface area contributed by atoms with E-state index in [9.17, 15) is 0 Å². The van der Waals surface area contributed by atoms with Gasteiger partial charge in [0.25, 0.3) is 0 Å². The molecule has 0 atom stereocenters. The van der Waals surface area contributed by atoms with E-state index in [4.69, 9.17) is 10.5 Å². The van der Waals surface area contributed by atoms with Crippen molar-refractivity contribution in [3.8, 4) is 12.1 Å². The normalized spacial score (nSPS) is 9.84. The van der Waals surface area contributed by atoms with E-state index in [-0.39, 0.29) is 0 Å². The molecule has 120 valence electrons. The third-order valence-electron chi connectivity index (χ3n) is 4.08. The standard InChI is InChI=1S/C22H17N3/c23-16-19-8-6-18(7-9-19)14-15-25(21-4-2-1-3-5-21)22-12-10-20(17-24)11-13-22/h1-13H,14-15H2. The maximum absolute atomic E-state index is 8.99. The van der Waals surface area contributed by atoms with Gasteiger partial charge in [-0.15, -0.1) is 0 Å². The third-order valence-corrected chi connectivity index (χ3v) is 4.08. The van der Waals surface area contributed by atoms with Gasteiger partial charge in [-0.05, 0) is 60.5 Å². The summed E-state index contributed by atoms with van der Waals surface area (Å²) in [5, 5.41) is 17.9. The highest BCUT2D eigenvalue weighted by Gasteiger charge is 2.09. The van der Waals surface area contributed by atoms with Crippen LogP contribution in [0.15, 0.2) is 78.9 Å². The fourth-order valence-electron chi connectivity index (χ4n) is 2.72. The van der Waals surface area contributed by atoms with Crippen molar-refractivity contribution >= 4 is 11.4 Å². The highest BCUT2D eigenvalue weighted by atomic mass is 15.1. The molecule has 0 saturated heterocycles. The molecule has 3 aromatic carbocycles. The van der Waals surface area contributed by atoms with Crippen molar-refractivity contribution in [3.63, 3.8) is 0 Å². The minimum Gasteiger partial charge on any atom is -0.341 e. The molecule has 3 heteroatoms. The SMILES string of the molecule is N#Cc1ccc(CCN(c2ccccc2)c2ccc(C#N)cc2)cc1. The van der Waals surface area contributed by atoms with Crippen LogP contribution in [0.4, 0.5) is 11.4 Å². The number of anilines is 2. The van der Waals surface area contributed by atoms with Gasteiger partial charge in [-0.1, -0.05) is 30.3 Å². The van der Waals surface area contributed by atoms with Crippen LogP contribution in [0.3, 0.4) is 0 Å². The van der Waals surface area contributed by atoms with E-state index in [1.165, 1.54) is 5.56 Å². The Bertz CT molecular complexity index is 899. The lowest BCUT2D eigenvalue weighted by atomic mass is 10.1. The minimum absolute atomic E-state index is 0.656. The van der Waals surface area contributed by atoms with Gasteiger partial charge >= 0.3 is 0 Å². The Morgan fingerprint density at radius 2 is 1.16 bits per heavy atom. The Morgan fingerprint density at radius 3 is 1.72 bits per heavy atom. The number of hydrogen-bond acceptors (Lipinski definition) is 3. The van der Waals surface area contributed by atoms with Gasteiger partial charge in [-0.2, -0.15) is 10.5 Å². The molecule has 0 saturated carbocycles. The van der Waals surface area contributed by atoms with Gasteiger partial charge in [-0.25, -0.2) is 0 Å². The highest BCUT2D eigenvalue weighted by molar-refractivity contribution is 5.64. The van der Waals surface area contributed by atoms with Crippen LogP contribution >= 0.6 is 0 Å². The lowest BCUT2D eigenvalue weighted by molar-refractivity contribution is 0.914. The van der Waals surface area contributed by atoms with Crippen molar-refractivity contribution in [3.05, 3.63) is 95.6 Å². The lowest BCUT2D eigenvalue weighted by Crippen LogP contribution is -2.20. The molecule has 3 nitrogen and oxygen atoms in total. The molecule has 3 aromatic rings. The first-order valence-electron chi connectivity index (χ1n) is 8.12. The van der Waals surface area contributed by atoms with Crippen LogP contribution in [-0.4, -0.2) is 6.54 Å². The Balaban J connectivity index is 1.83. The zero-order valence-corrected chi connectivity index (χ0v) is 13.8. The number of hydrogen-bond donors (Lipinski definition) is 0. The van der Waals surface area contributed by atoms with E-state index in [1.54, 1.807) is 0 Å². The summed E-state index contributed by atoms with van der Waals surface area (Å²) in [6, 6.07) is 29.8. The van der Waals surface area contributed by atoms with Gasteiger partial charge in [0.05, 0.1) is 23.3 Å². The smallest absolute Gasteiger partial charge is 0.0991 e. The summed E-state index contributed by atoms with van der Waals surface area (Å²) in [6.07, 6.45) is 0.862. The van der Waals surface area contributed by atoms with Crippen LogP contribution in [0.25, 0.3) is 0 Å². The number of nitriles is 2. The molecule has 0 amide bonds. The van der Waals surface area contributed by atoms with Crippen LogP contribution in [0.2, 0.25) is 0 Å².